The van der Waals surface area contributed by atoms with Crippen molar-refractivity contribution in [2.75, 3.05) is 6.54 Å². The van der Waals surface area contributed by atoms with Gasteiger partial charge in [-0.25, -0.2) is 0 Å². The number of Topliss-reactive ketones (excluding diaryl/α,β-unsaturated/α-hetero) is 1. The molecule has 136 valence electrons. The number of carbonyl (C=O) groups is 2. The van der Waals surface area contributed by atoms with Crippen molar-refractivity contribution in [3.05, 3.63) is 77.0 Å². The number of allylic oxidation sites excluding steroid dienone is 1. The van der Waals surface area contributed by atoms with Crippen molar-refractivity contribution in [1.82, 2.24) is 10.2 Å². The van der Waals surface area contributed by atoms with Crippen molar-refractivity contribution in [3.63, 3.8) is 0 Å². The van der Waals surface area contributed by atoms with Gasteiger partial charge in [0.25, 0.3) is 5.91 Å². The molecule has 0 saturated heterocycles. The van der Waals surface area contributed by atoms with Crippen molar-refractivity contribution < 1.29 is 9.59 Å². The average Bonchev–Trinajstić information content (AvgIpc) is 2.67. The van der Waals surface area contributed by atoms with Crippen LogP contribution < -0.4 is 5.32 Å². The van der Waals surface area contributed by atoms with Crippen molar-refractivity contribution in [1.29, 1.82) is 0 Å². The molecule has 2 aromatic carbocycles. The maximum absolute atomic E-state index is 13.2. The average molecular weight is 358 g/mol. The molecule has 0 spiro atoms. The van der Waals surface area contributed by atoms with Gasteiger partial charge in [0.2, 0.25) is 0 Å². The fourth-order valence-electron chi connectivity index (χ4n) is 3.42. The van der Waals surface area contributed by atoms with E-state index in [0.29, 0.717) is 18.7 Å². The van der Waals surface area contributed by atoms with E-state index in [2.05, 4.69) is 11.2 Å². The fraction of sp³-hybridized carbons (Fsp3) is 0.217. The van der Waals surface area contributed by atoms with Crippen LogP contribution in [0.5, 0.6) is 0 Å². The quantitative estimate of drug-likeness (QED) is 0.834. The Hall–Kier alpha value is -3.32. The molecule has 1 N–H and O–H groups in total. The van der Waals surface area contributed by atoms with Gasteiger partial charge in [0.1, 0.15) is 6.04 Å². The Morgan fingerprint density at radius 3 is 2.48 bits per heavy atom. The summed E-state index contributed by atoms with van der Waals surface area (Å²) in [6, 6.07) is 16.4. The van der Waals surface area contributed by atoms with Gasteiger partial charge in [0.05, 0.1) is 12.1 Å². The molecule has 0 bridgehead atoms. The Bertz CT molecular complexity index is 938. The monoisotopic (exact) mass is 358 g/mol. The minimum Gasteiger partial charge on any atom is -0.359 e. The molecule has 1 heterocycles. The highest BCUT2D eigenvalue weighted by molar-refractivity contribution is 6.21. The molecule has 27 heavy (non-hydrogen) atoms. The number of terminal acetylenes is 1. The van der Waals surface area contributed by atoms with E-state index in [-0.39, 0.29) is 11.7 Å². The molecule has 0 radical (unpaired) electrons. The summed E-state index contributed by atoms with van der Waals surface area (Å²) >= 11 is 0. The van der Waals surface area contributed by atoms with Crippen molar-refractivity contribution in [2.24, 2.45) is 0 Å². The minimum absolute atomic E-state index is 0.114. The van der Waals surface area contributed by atoms with Crippen LogP contribution in [-0.2, 0) is 16.1 Å². The number of hydrogen-bond acceptors (Lipinski definition) is 3. The van der Waals surface area contributed by atoms with E-state index in [1.54, 1.807) is 0 Å². The van der Waals surface area contributed by atoms with E-state index in [9.17, 15) is 9.59 Å². The van der Waals surface area contributed by atoms with Crippen LogP contribution in [0.4, 0.5) is 0 Å². The van der Waals surface area contributed by atoms with Crippen LogP contribution in [0.3, 0.4) is 0 Å². The van der Waals surface area contributed by atoms with Gasteiger partial charge in [0, 0.05) is 12.2 Å². The van der Waals surface area contributed by atoms with Crippen LogP contribution in [0.2, 0.25) is 0 Å². The third kappa shape index (κ3) is 3.78. The number of nitrogens with one attached hydrogen (secondary N) is 1. The first-order valence-electron chi connectivity index (χ1n) is 8.86. The molecule has 0 fully saturated rings. The van der Waals surface area contributed by atoms with Gasteiger partial charge >= 0.3 is 0 Å². The number of ketones is 1. The van der Waals surface area contributed by atoms with E-state index in [1.807, 2.05) is 66.4 Å². The molecule has 1 amide bonds. The second kappa shape index (κ2) is 7.92. The van der Waals surface area contributed by atoms with Gasteiger partial charge in [-0.15, -0.1) is 6.42 Å². The highest BCUT2D eigenvalue weighted by Crippen LogP contribution is 2.32. The van der Waals surface area contributed by atoms with E-state index >= 15 is 0 Å². The van der Waals surface area contributed by atoms with Crippen LogP contribution in [0, 0.1) is 12.3 Å². The van der Waals surface area contributed by atoms with E-state index in [0.717, 1.165) is 22.4 Å². The first kappa shape index (κ1) is 18.5. The zero-order chi connectivity index (χ0) is 19.4. The van der Waals surface area contributed by atoms with Crippen molar-refractivity contribution in [3.8, 4) is 12.3 Å². The minimum atomic E-state index is -0.686. The van der Waals surface area contributed by atoms with Crippen LogP contribution >= 0.6 is 0 Å². The number of carbonyl (C=O) groups excluding carboxylic acids is 2. The second-order valence-electron chi connectivity index (χ2n) is 6.61. The third-order valence-electron chi connectivity index (χ3n) is 4.81. The Balaban J connectivity index is 1.99. The van der Waals surface area contributed by atoms with Gasteiger partial charge in [-0.1, -0.05) is 60.5 Å². The number of nitrogens with zero attached hydrogens (tertiary/aromatic N) is 1. The van der Waals surface area contributed by atoms with Gasteiger partial charge in [0.15, 0.2) is 5.78 Å². The van der Waals surface area contributed by atoms with Crippen LogP contribution in [0.1, 0.15) is 36.6 Å². The summed E-state index contributed by atoms with van der Waals surface area (Å²) < 4.78 is 0. The van der Waals surface area contributed by atoms with Gasteiger partial charge in [-0.2, -0.15) is 0 Å². The summed E-state index contributed by atoms with van der Waals surface area (Å²) in [6.07, 6.45) is 5.50. The SMILES string of the molecule is C#CCN1Cc2ccccc2C(C(=O)N[C@H](C(C)=O)c2ccccc2)=C1C. The van der Waals surface area contributed by atoms with Crippen LogP contribution in [-0.4, -0.2) is 23.1 Å². The number of amides is 1. The number of hydrogen-bond donors (Lipinski definition) is 1. The largest absolute Gasteiger partial charge is 0.359 e. The highest BCUT2D eigenvalue weighted by Gasteiger charge is 2.28. The Kier molecular flexibility index (Phi) is 5.42. The highest BCUT2D eigenvalue weighted by atomic mass is 16.2. The summed E-state index contributed by atoms with van der Waals surface area (Å²) in [5.41, 5.74) is 4.08. The lowest BCUT2D eigenvalue weighted by Crippen LogP contribution is -2.37. The Morgan fingerprint density at radius 1 is 1.15 bits per heavy atom. The molecule has 1 atom stereocenters. The predicted molar refractivity (Wildman–Crippen MR) is 106 cm³/mol. The summed E-state index contributed by atoms with van der Waals surface area (Å²) in [5.74, 6) is 2.26. The second-order valence-corrected chi connectivity index (χ2v) is 6.61. The zero-order valence-corrected chi connectivity index (χ0v) is 15.5. The molecule has 0 unspecified atom stereocenters. The molecular formula is C23H22N2O2. The molecule has 1 aliphatic heterocycles. The normalized spacial score (nSPS) is 14.2. The number of benzene rings is 2. The molecule has 4 nitrogen and oxygen atoms in total. The molecular weight excluding hydrogens is 336 g/mol. The first-order chi connectivity index (χ1) is 13.0. The molecule has 0 saturated carbocycles. The molecule has 4 heteroatoms. The zero-order valence-electron chi connectivity index (χ0n) is 15.5. The first-order valence-corrected chi connectivity index (χ1v) is 8.86. The van der Waals surface area contributed by atoms with Crippen molar-refractivity contribution >= 4 is 17.3 Å². The predicted octanol–water partition coefficient (Wildman–Crippen LogP) is 3.31. The number of rotatable bonds is 5. The summed E-state index contributed by atoms with van der Waals surface area (Å²) in [6.45, 7) is 4.47. The van der Waals surface area contributed by atoms with Crippen molar-refractivity contribution in [2.45, 2.75) is 26.4 Å². The lowest BCUT2D eigenvalue weighted by molar-refractivity contribution is -0.124. The lowest BCUT2D eigenvalue weighted by Gasteiger charge is -2.32. The van der Waals surface area contributed by atoms with E-state index in [1.165, 1.54) is 6.92 Å². The van der Waals surface area contributed by atoms with E-state index in [4.69, 9.17) is 6.42 Å². The standard InChI is InChI=1S/C23H22N2O2/c1-4-14-25-15-19-12-8-9-13-20(19)21(16(25)2)23(27)24-22(17(3)26)18-10-6-5-7-11-18/h1,5-13,22H,14-15H2,2-3H3,(H,24,27)/t22-/m1/s1. The molecule has 0 aliphatic carbocycles. The Labute approximate surface area is 159 Å². The summed E-state index contributed by atoms with van der Waals surface area (Å²) in [7, 11) is 0. The molecule has 2 aromatic rings. The number of fused-ring (bicyclic) bond motifs is 1. The van der Waals surface area contributed by atoms with E-state index < -0.39 is 6.04 Å². The Morgan fingerprint density at radius 2 is 1.81 bits per heavy atom. The fourth-order valence-corrected chi connectivity index (χ4v) is 3.42. The lowest BCUT2D eigenvalue weighted by atomic mass is 9.92. The topological polar surface area (TPSA) is 49.4 Å². The molecule has 1 aliphatic rings. The molecule has 3 rings (SSSR count). The van der Waals surface area contributed by atoms with Crippen LogP contribution in [0.15, 0.2) is 60.3 Å². The third-order valence-corrected chi connectivity index (χ3v) is 4.81. The summed E-state index contributed by atoms with van der Waals surface area (Å²) in [4.78, 5) is 27.4. The summed E-state index contributed by atoms with van der Waals surface area (Å²) in [5, 5.41) is 2.91. The molecule has 0 aromatic heterocycles. The van der Waals surface area contributed by atoms with Crippen LogP contribution in [0.25, 0.3) is 5.57 Å². The maximum atomic E-state index is 13.2. The maximum Gasteiger partial charge on any atom is 0.254 e. The van der Waals surface area contributed by atoms with Gasteiger partial charge in [-0.05, 0) is 30.5 Å². The van der Waals surface area contributed by atoms with Gasteiger partial charge < -0.3 is 10.2 Å². The smallest absolute Gasteiger partial charge is 0.254 e. The van der Waals surface area contributed by atoms with Gasteiger partial charge in [-0.3, -0.25) is 9.59 Å².